The summed E-state index contributed by atoms with van der Waals surface area (Å²) >= 11 is 3.23. The first-order valence-corrected chi connectivity index (χ1v) is 8.59. The van der Waals surface area contributed by atoms with Crippen LogP contribution in [-0.2, 0) is 9.05 Å². The van der Waals surface area contributed by atoms with E-state index in [1.54, 1.807) is 6.92 Å². The van der Waals surface area contributed by atoms with Crippen LogP contribution in [0.4, 0.5) is 0 Å². The molecule has 0 saturated carbocycles. The summed E-state index contributed by atoms with van der Waals surface area (Å²) in [4.78, 5) is 12.0. The normalized spacial score (nSPS) is 12.3. The highest BCUT2D eigenvalue weighted by Crippen LogP contribution is 2.27. The fourth-order valence-corrected chi connectivity index (χ4v) is 2.83. The average Bonchev–Trinajstić information content (AvgIpc) is 2.17. The first-order chi connectivity index (χ1) is 8.42. The van der Waals surface area contributed by atoms with Gasteiger partial charge in [-0.1, -0.05) is 15.9 Å². The Morgan fingerprint density at radius 2 is 1.84 bits per heavy atom. The quantitative estimate of drug-likeness (QED) is 0.815. The fraction of sp³-hybridized carbons (Fsp3) is 0.417. The van der Waals surface area contributed by atoms with Crippen LogP contribution >= 0.6 is 26.6 Å². The number of hydrogen-bond acceptors (Lipinski definition) is 3. The molecule has 0 spiro atoms. The summed E-state index contributed by atoms with van der Waals surface area (Å²) in [6, 6.07) is 2.66. The van der Waals surface area contributed by atoms with Gasteiger partial charge in [-0.15, -0.1) is 0 Å². The second-order valence-corrected chi connectivity index (χ2v) is 8.64. The zero-order valence-corrected chi connectivity index (χ0v) is 14.2. The molecular formula is C12H15BrClNO3S. The van der Waals surface area contributed by atoms with E-state index in [0.29, 0.717) is 10.0 Å². The van der Waals surface area contributed by atoms with Gasteiger partial charge in [0.25, 0.3) is 15.0 Å². The lowest BCUT2D eigenvalue weighted by molar-refractivity contribution is 0.0918. The first kappa shape index (κ1) is 16.5. The lowest BCUT2D eigenvalue weighted by Gasteiger charge is -2.21. The van der Waals surface area contributed by atoms with Gasteiger partial charge in [-0.05, 0) is 45.4 Å². The molecule has 1 aromatic rings. The molecule has 0 aliphatic carbocycles. The van der Waals surface area contributed by atoms with Crippen LogP contribution in [0.5, 0.6) is 0 Å². The Labute approximate surface area is 126 Å². The second-order valence-electron chi connectivity index (χ2n) is 5.22. The number of carbonyl (C=O) groups excluding carboxylic acids is 1. The van der Waals surface area contributed by atoms with Crippen LogP contribution in [0, 0.1) is 6.92 Å². The van der Waals surface area contributed by atoms with E-state index in [1.807, 2.05) is 20.8 Å². The molecule has 0 saturated heterocycles. The van der Waals surface area contributed by atoms with E-state index in [-0.39, 0.29) is 16.4 Å². The summed E-state index contributed by atoms with van der Waals surface area (Å²) in [6.45, 7) is 7.26. The molecule has 0 unspecified atom stereocenters. The number of halogens is 2. The molecule has 0 radical (unpaired) electrons. The monoisotopic (exact) mass is 367 g/mol. The molecule has 0 aliphatic heterocycles. The maximum absolute atomic E-state index is 12.1. The maximum atomic E-state index is 12.1. The molecule has 0 bridgehead atoms. The van der Waals surface area contributed by atoms with Crippen LogP contribution in [0.2, 0.25) is 0 Å². The van der Waals surface area contributed by atoms with Gasteiger partial charge in [-0.25, -0.2) is 8.42 Å². The number of nitrogens with one attached hydrogen (secondary N) is 1. The predicted octanol–water partition coefficient (Wildman–Crippen LogP) is 3.21. The molecular weight excluding hydrogens is 354 g/mol. The molecule has 19 heavy (non-hydrogen) atoms. The van der Waals surface area contributed by atoms with Gasteiger partial charge < -0.3 is 5.32 Å². The van der Waals surface area contributed by atoms with Gasteiger partial charge in [0.05, 0.1) is 4.90 Å². The zero-order chi connectivity index (χ0) is 15.0. The van der Waals surface area contributed by atoms with Gasteiger partial charge in [-0.2, -0.15) is 0 Å². The van der Waals surface area contributed by atoms with Gasteiger partial charge >= 0.3 is 0 Å². The third kappa shape index (κ3) is 4.47. The molecule has 4 nitrogen and oxygen atoms in total. The highest BCUT2D eigenvalue weighted by atomic mass is 79.9. The molecule has 0 heterocycles. The molecule has 0 fully saturated rings. The van der Waals surface area contributed by atoms with E-state index in [9.17, 15) is 13.2 Å². The third-order valence-electron chi connectivity index (χ3n) is 2.33. The van der Waals surface area contributed by atoms with E-state index in [0.717, 1.165) is 0 Å². The van der Waals surface area contributed by atoms with Gasteiger partial charge in [0.15, 0.2) is 0 Å². The molecule has 1 aromatic carbocycles. The topological polar surface area (TPSA) is 63.2 Å². The van der Waals surface area contributed by atoms with E-state index < -0.39 is 14.6 Å². The van der Waals surface area contributed by atoms with Gasteiger partial charge in [-0.3, -0.25) is 4.79 Å². The summed E-state index contributed by atoms with van der Waals surface area (Å²) in [7, 11) is 1.43. The highest BCUT2D eigenvalue weighted by Gasteiger charge is 2.21. The fourth-order valence-electron chi connectivity index (χ4n) is 1.44. The largest absolute Gasteiger partial charge is 0.347 e. The predicted molar refractivity (Wildman–Crippen MR) is 79.1 cm³/mol. The van der Waals surface area contributed by atoms with Crippen LogP contribution in [-0.4, -0.2) is 19.9 Å². The Bertz CT molecular complexity index is 621. The summed E-state index contributed by atoms with van der Waals surface area (Å²) in [5.41, 5.74) is 0.528. The van der Waals surface area contributed by atoms with Crippen molar-refractivity contribution in [2.45, 2.75) is 38.1 Å². The highest BCUT2D eigenvalue weighted by molar-refractivity contribution is 9.10. The van der Waals surface area contributed by atoms with Gasteiger partial charge in [0, 0.05) is 26.3 Å². The Kier molecular flexibility index (Phi) is 4.70. The van der Waals surface area contributed by atoms with Crippen LogP contribution in [0.25, 0.3) is 0 Å². The number of carbonyl (C=O) groups is 1. The standard InChI is InChI=1S/C12H15BrClNO3S/c1-7-9(11(16)15-12(2,3)4)5-8(6-10(7)13)19(14,17)18/h5-6H,1-4H3,(H,15,16). The molecule has 0 atom stereocenters. The van der Waals surface area contributed by atoms with Crippen molar-refractivity contribution in [3.8, 4) is 0 Å². The minimum atomic E-state index is -3.88. The second kappa shape index (κ2) is 5.42. The summed E-state index contributed by atoms with van der Waals surface area (Å²) in [6.07, 6.45) is 0. The molecule has 1 amide bonds. The zero-order valence-electron chi connectivity index (χ0n) is 11.0. The minimum absolute atomic E-state index is 0.106. The third-order valence-corrected chi connectivity index (χ3v) is 4.49. The lowest BCUT2D eigenvalue weighted by Crippen LogP contribution is -2.40. The van der Waals surface area contributed by atoms with Crippen molar-refractivity contribution in [2.24, 2.45) is 0 Å². The number of benzene rings is 1. The van der Waals surface area contributed by atoms with E-state index in [2.05, 4.69) is 21.2 Å². The van der Waals surface area contributed by atoms with Crippen molar-refractivity contribution >= 4 is 41.6 Å². The van der Waals surface area contributed by atoms with Crippen LogP contribution in [0.1, 0.15) is 36.7 Å². The first-order valence-electron chi connectivity index (χ1n) is 5.49. The van der Waals surface area contributed by atoms with E-state index in [4.69, 9.17) is 10.7 Å². The minimum Gasteiger partial charge on any atom is -0.347 e. The van der Waals surface area contributed by atoms with Crippen LogP contribution in [0.3, 0.4) is 0 Å². The summed E-state index contributed by atoms with van der Waals surface area (Å²) in [5, 5.41) is 2.78. The average molecular weight is 369 g/mol. The lowest BCUT2D eigenvalue weighted by atomic mass is 10.0. The molecule has 1 rings (SSSR count). The Balaban J connectivity index is 3.36. The summed E-state index contributed by atoms with van der Waals surface area (Å²) in [5.74, 6) is -0.340. The van der Waals surface area contributed by atoms with Crippen molar-refractivity contribution < 1.29 is 13.2 Å². The van der Waals surface area contributed by atoms with Gasteiger partial charge in [0.1, 0.15) is 0 Å². The molecule has 1 N–H and O–H groups in total. The Hall–Kier alpha value is -0.590. The molecule has 106 valence electrons. The Morgan fingerprint density at radius 3 is 2.26 bits per heavy atom. The van der Waals surface area contributed by atoms with Crippen molar-refractivity contribution in [3.63, 3.8) is 0 Å². The Morgan fingerprint density at radius 1 is 1.32 bits per heavy atom. The molecule has 0 aromatic heterocycles. The van der Waals surface area contributed by atoms with Crippen molar-refractivity contribution in [1.82, 2.24) is 5.32 Å². The smallest absolute Gasteiger partial charge is 0.261 e. The molecule has 7 heteroatoms. The number of rotatable bonds is 2. The van der Waals surface area contributed by atoms with Crippen LogP contribution in [0.15, 0.2) is 21.5 Å². The van der Waals surface area contributed by atoms with E-state index in [1.165, 1.54) is 12.1 Å². The summed E-state index contributed by atoms with van der Waals surface area (Å²) < 4.78 is 23.3. The maximum Gasteiger partial charge on any atom is 0.261 e. The number of hydrogen-bond donors (Lipinski definition) is 1. The van der Waals surface area contributed by atoms with Crippen LogP contribution < -0.4 is 5.32 Å². The molecule has 0 aliphatic rings. The number of amides is 1. The van der Waals surface area contributed by atoms with Crippen molar-refractivity contribution in [2.75, 3.05) is 0 Å². The van der Waals surface area contributed by atoms with Crippen molar-refractivity contribution in [3.05, 3.63) is 27.7 Å². The van der Waals surface area contributed by atoms with Crippen molar-refractivity contribution in [1.29, 1.82) is 0 Å². The SMILES string of the molecule is Cc1c(Br)cc(S(=O)(=O)Cl)cc1C(=O)NC(C)(C)C. The van der Waals surface area contributed by atoms with E-state index >= 15 is 0 Å². The van der Waals surface area contributed by atoms with Gasteiger partial charge in [0.2, 0.25) is 0 Å².